The number of hydrogen-bond acceptors (Lipinski definition) is 4. The highest BCUT2D eigenvalue weighted by Crippen LogP contribution is 2.33. The zero-order valence-corrected chi connectivity index (χ0v) is 15.1. The number of aliphatic hydroxyl groups excluding tert-OH is 1. The first-order valence-electron chi connectivity index (χ1n) is 8.56. The Morgan fingerprint density at radius 2 is 1.58 bits per heavy atom. The van der Waals surface area contributed by atoms with Gasteiger partial charge in [0.15, 0.2) is 5.76 Å². The van der Waals surface area contributed by atoms with Crippen LogP contribution < -0.4 is 9.64 Å². The molecular formula is C21H21NO4. The van der Waals surface area contributed by atoms with Crippen LogP contribution in [0.5, 0.6) is 5.75 Å². The van der Waals surface area contributed by atoms with E-state index in [0.717, 1.165) is 22.4 Å². The van der Waals surface area contributed by atoms with Gasteiger partial charge >= 0.3 is 5.91 Å². The molecule has 0 saturated carbocycles. The Labute approximate surface area is 152 Å². The number of anilines is 1. The first kappa shape index (κ1) is 17.7. The Balaban J connectivity index is 1.94. The van der Waals surface area contributed by atoms with E-state index >= 15 is 0 Å². The molecule has 0 unspecified atom stereocenters. The minimum absolute atomic E-state index is 0.0104. The summed E-state index contributed by atoms with van der Waals surface area (Å²) >= 11 is 0. The quantitative estimate of drug-likeness (QED) is 0.829. The number of nitrogens with zero attached hydrogens (tertiary/aromatic N) is 1. The number of ether oxygens (including phenoxy) is 1. The molecule has 0 atom stereocenters. The van der Waals surface area contributed by atoms with E-state index in [0.29, 0.717) is 23.6 Å². The molecule has 3 rings (SSSR count). The molecule has 0 aromatic heterocycles. The van der Waals surface area contributed by atoms with Crippen molar-refractivity contribution in [3.63, 3.8) is 0 Å². The van der Waals surface area contributed by atoms with Gasteiger partial charge in [0.2, 0.25) is 0 Å². The number of carbonyl (C=O) groups is 2. The molecule has 5 nitrogen and oxygen atoms in total. The van der Waals surface area contributed by atoms with Crippen molar-refractivity contribution >= 4 is 23.1 Å². The monoisotopic (exact) mass is 351 g/mol. The van der Waals surface area contributed by atoms with Gasteiger partial charge in [-0.3, -0.25) is 9.59 Å². The van der Waals surface area contributed by atoms with E-state index in [1.54, 1.807) is 36.4 Å². The summed E-state index contributed by atoms with van der Waals surface area (Å²) in [7, 11) is 0. The fourth-order valence-electron chi connectivity index (χ4n) is 3.03. The fourth-order valence-corrected chi connectivity index (χ4v) is 3.03. The van der Waals surface area contributed by atoms with Crippen LogP contribution in [-0.4, -0.2) is 23.5 Å². The van der Waals surface area contributed by atoms with Gasteiger partial charge in [-0.15, -0.1) is 0 Å². The van der Waals surface area contributed by atoms with Crippen LogP contribution in [0.3, 0.4) is 0 Å². The van der Waals surface area contributed by atoms with E-state index in [9.17, 15) is 14.7 Å². The van der Waals surface area contributed by atoms with Crippen LogP contribution in [0.4, 0.5) is 5.69 Å². The molecular weight excluding hydrogens is 330 g/mol. The Hall–Kier alpha value is -3.08. The Kier molecular flexibility index (Phi) is 4.80. The highest BCUT2D eigenvalue weighted by Gasteiger charge is 2.40. The van der Waals surface area contributed by atoms with Crippen molar-refractivity contribution in [3.8, 4) is 5.75 Å². The molecule has 0 spiro atoms. The standard InChI is InChI=1S/C21H21NO4/c1-4-9-26-17-7-5-15(6-8-17)18-19(23)21(25)22(20(18)24)16-11-13(2)10-14(3)12-16/h5-8,10-12,23H,4,9H2,1-3H3. The van der Waals surface area contributed by atoms with E-state index in [-0.39, 0.29) is 5.57 Å². The van der Waals surface area contributed by atoms with Crippen molar-refractivity contribution in [1.82, 2.24) is 0 Å². The van der Waals surface area contributed by atoms with Crippen LogP contribution in [0.1, 0.15) is 30.0 Å². The highest BCUT2D eigenvalue weighted by molar-refractivity contribution is 6.44. The van der Waals surface area contributed by atoms with Gasteiger partial charge in [0.1, 0.15) is 5.75 Å². The fraction of sp³-hybridized carbons (Fsp3) is 0.238. The number of aryl methyl sites for hydroxylation is 2. The lowest BCUT2D eigenvalue weighted by molar-refractivity contribution is -0.121. The molecule has 0 saturated heterocycles. The van der Waals surface area contributed by atoms with Crippen LogP contribution in [0.15, 0.2) is 48.2 Å². The first-order valence-corrected chi connectivity index (χ1v) is 8.56. The third-order valence-corrected chi connectivity index (χ3v) is 4.14. The average Bonchev–Trinajstić information content (AvgIpc) is 2.82. The summed E-state index contributed by atoms with van der Waals surface area (Å²) in [6.07, 6.45) is 0.894. The molecule has 0 aliphatic carbocycles. The second-order valence-electron chi connectivity index (χ2n) is 6.39. The van der Waals surface area contributed by atoms with Gasteiger partial charge in [0.25, 0.3) is 5.91 Å². The topological polar surface area (TPSA) is 66.8 Å². The molecule has 5 heteroatoms. The molecule has 26 heavy (non-hydrogen) atoms. The van der Waals surface area contributed by atoms with E-state index in [4.69, 9.17) is 4.74 Å². The van der Waals surface area contributed by atoms with Gasteiger partial charge in [-0.05, 0) is 61.2 Å². The minimum Gasteiger partial charge on any atom is -0.502 e. The smallest absolute Gasteiger partial charge is 0.301 e. The molecule has 0 radical (unpaired) electrons. The molecule has 1 heterocycles. The Bertz CT molecular complexity index is 876. The lowest BCUT2D eigenvalue weighted by atomic mass is 10.1. The number of amides is 2. The predicted octanol–water partition coefficient (Wildman–Crippen LogP) is 3.93. The van der Waals surface area contributed by atoms with Crippen LogP contribution in [0.25, 0.3) is 5.57 Å². The number of aliphatic hydroxyl groups is 1. The van der Waals surface area contributed by atoms with E-state index in [2.05, 4.69) is 0 Å². The van der Waals surface area contributed by atoms with Gasteiger partial charge in [-0.25, -0.2) is 4.90 Å². The first-order chi connectivity index (χ1) is 12.4. The van der Waals surface area contributed by atoms with Gasteiger partial charge in [-0.2, -0.15) is 0 Å². The zero-order chi connectivity index (χ0) is 18.8. The predicted molar refractivity (Wildman–Crippen MR) is 100 cm³/mol. The molecule has 2 amide bonds. The van der Waals surface area contributed by atoms with E-state index in [1.807, 2.05) is 26.8 Å². The lowest BCUT2D eigenvalue weighted by Gasteiger charge is -2.16. The molecule has 2 aromatic rings. The molecule has 1 aliphatic rings. The zero-order valence-electron chi connectivity index (χ0n) is 15.1. The third-order valence-electron chi connectivity index (χ3n) is 4.14. The van der Waals surface area contributed by atoms with Gasteiger partial charge in [0.05, 0.1) is 17.9 Å². The van der Waals surface area contributed by atoms with Crippen molar-refractivity contribution in [2.75, 3.05) is 11.5 Å². The van der Waals surface area contributed by atoms with E-state index < -0.39 is 17.6 Å². The Morgan fingerprint density at radius 3 is 2.15 bits per heavy atom. The maximum Gasteiger partial charge on any atom is 0.301 e. The van der Waals surface area contributed by atoms with Crippen molar-refractivity contribution in [1.29, 1.82) is 0 Å². The third kappa shape index (κ3) is 3.20. The number of carbonyl (C=O) groups excluding carboxylic acids is 2. The van der Waals surface area contributed by atoms with Gasteiger partial charge in [0, 0.05) is 0 Å². The van der Waals surface area contributed by atoms with Crippen molar-refractivity contribution < 1.29 is 19.4 Å². The van der Waals surface area contributed by atoms with Crippen molar-refractivity contribution in [3.05, 3.63) is 64.9 Å². The minimum atomic E-state index is -0.707. The molecule has 0 fully saturated rings. The molecule has 1 aliphatic heterocycles. The van der Waals surface area contributed by atoms with Gasteiger partial charge in [-0.1, -0.05) is 25.1 Å². The molecule has 134 valence electrons. The van der Waals surface area contributed by atoms with Crippen LogP contribution in [-0.2, 0) is 9.59 Å². The summed E-state index contributed by atoms with van der Waals surface area (Å²) in [5.41, 5.74) is 2.83. The number of benzene rings is 2. The largest absolute Gasteiger partial charge is 0.502 e. The number of hydrogen-bond donors (Lipinski definition) is 1. The van der Waals surface area contributed by atoms with Crippen molar-refractivity contribution in [2.24, 2.45) is 0 Å². The summed E-state index contributed by atoms with van der Waals surface area (Å²) in [6, 6.07) is 12.3. The summed E-state index contributed by atoms with van der Waals surface area (Å²) < 4.78 is 5.52. The number of imide groups is 1. The van der Waals surface area contributed by atoms with Crippen LogP contribution in [0, 0.1) is 13.8 Å². The second-order valence-corrected chi connectivity index (χ2v) is 6.39. The van der Waals surface area contributed by atoms with Crippen molar-refractivity contribution in [2.45, 2.75) is 27.2 Å². The maximum atomic E-state index is 12.9. The van der Waals surface area contributed by atoms with Gasteiger partial charge < -0.3 is 9.84 Å². The molecule has 2 aromatic carbocycles. The van der Waals surface area contributed by atoms with E-state index in [1.165, 1.54) is 0 Å². The normalized spacial score (nSPS) is 14.3. The van der Waals surface area contributed by atoms with Crippen LogP contribution >= 0.6 is 0 Å². The second kappa shape index (κ2) is 7.04. The maximum absolute atomic E-state index is 12.9. The summed E-state index contributed by atoms with van der Waals surface area (Å²) in [5, 5.41) is 10.3. The summed E-state index contributed by atoms with van der Waals surface area (Å²) in [4.78, 5) is 26.4. The SMILES string of the molecule is CCCOc1ccc(C2=C(O)C(=O)N(c3cc(C)cc(C)c3)C2=O)cc1. The van der Waals surface area contributed by atoms with Crippen LogP contribution in [0.2, 0.25) is 0 Å². The molecule has 0 bridgehead atoms. The highest BCUT2D eigenvalue weighted by atomic mass is 16.5. The summed E-state index contributed by atoms with van der Waals surface area (Å²) in [5.74, 6) is -1.09. The number of rotatable bonds is 5. The molecule has 1 N–H and O–H groups in total. The average molecular weight is 351 g/mol. The Morgan fingerprint density at radius 1 is 0.962 bits per heavy atom. The summed E-state index contributed by atoms with van der Waals surface area (Å²) in [6.45, 7) is 6.41. The lowest BCUT2D eigenvalue weighted by Crippen LogP contribution is -2.31.